The fourth-order valence-electron chi connectivity index (χ4n) is 2.29. The van der Waals surface area contributed by atoms with E-state index in [9.17, 15) is 9.90 Å². The van der Waals surface area contributed by atoms with E-state index in [1.807, 2.05) is 34.7 Å². The first kappa shape index (κ1) is 17.7. The molecule has 0 aliphatic carbocycles. The van der Waals surface area contributed by atoms with Crippen molar-refractivity contribution in [2.24, 2.45) is 0 Å². The fraction of sp³-hybridized carbons (Fsp3) is 0.500. The predicted molar refractivity (Wildman–Crippen MR) is 89.2 cm³/mol. The summed E-state index contributed by atoms with van der Waals surface area (Å²) in [5, 5.41) is 12.4. The van der Waals surface area contributed by atoms with Crippen LogP contribution in [0.4, 0.5) is 0 Å². The van der Waals surface area contributed by atoms with Gasteiger partial charge < -0.3 is 19.7 Å². The normalized spacial score (nSPS) is 19.9. The lowest BCUT2D eigenvalue weighted by Crippen LogP contribution is -2.41. The van der Waals surface area contributed by atoms with Gasteiger partial charge >= 0.3 is 13.1 Å². The molecular formula is C16H23BN2O4. The number of hydrogen-bond acceptors (Lipinski definition) is 5. The maximum absolute atomic E-state index is 11.3. The van der Waals surface area contributed by atoms with Crippen molar-refractivity contribution in [2.75, 3.05) is 13.6 Å². The van der Waals surface area contributed by atoms with Crippen LogP contribution in [0.15, 0.2) is 23.8 Å². The molecule has 0 radical (unpaired) electrons. The zero-order valence-corrected chi connectivity index (χ0v) is 14.2. The number of rotatable bonds is 5. The number of carbonyl (C=O) groups is 1. The Hall–Kier alpha value is -1.70. The molecule has 0 aromatic carbocycles. The third-order valence-electron chi connectivity index (χ3n) is 4.33. The van der Waals surface area contributed by atoms with Gasteiger partial charge in [0.25, 0.3) is 0 Å². The zero-order valence-electron chi connectivity index (χ0n) is 14.2. The summed E-state index contributed by atoms with van der Waals surface area (Å²) in [7, 11) is 1.27. The van der Waals surface area contributed by atoms with Gasteiger partial charge in [0, 0.05) is 12.7 Å². The van der Waals surface area contributed by atoms with E-state index in [0.29, 0.717) is 12.2 Å². The van der Waals surface area contributed by atoms with Crippen molar-refractivity contribution >= 4 is 19.2 Å². The average molecular weight is 318 g/mol. The topological polar surface area (TPSA) is 80.7 Å². The Morgan fingerprint density at radius 1 is 1.35 bits per heavy atom. The molecule has 1 fully saturated rings. The number of aromatic nitrogens is 1. The lowest BCUT2D eigenvalue weighted by atomic mass is 9.77. The van der Waals surface area contributed by atoms with E-state index in [0.717, 1.165) is 5.47 Å². The average Bonchev–Trinajstić information content (AvgIpc) is 2.67. The highest BCUT2D eigenvalue weighted by Crippen LogP contribution is 2.38. The van der Waals surface area contributed by atoms with Gasteiger partial charge in [0.05, 0.1) is 22.5 Å². The summed E-state index contributed by atoms with van der Waals surface area (Å²) in [6, 6.07) is 3.13. The van der Waals surface area contributed by atoms with Crippen molar-refractivity contribution in [1.82, 2.24) is 10.3 Å². The van der Waals surface area contributed by atoms with Crippen molar-refractivity contribution in [3.05, 3.63) is 35.1 Å². The zero-order chi connectivity index (χ0) is 17.3. The summed E-state index contributed by atoms with van der Waals surface area (Å²) in [5.41, 5.74) is 0.430. The van der Waals surface area contributed by atoms with E-state index in [1.165, 1.54) is 6.07 Å². The van der Waals surface area contributed by atoms with Crippen LogP contribution in [0.2, 0.25) is 0 Å². The van der Waals surface area contributed by atoms with Gasteiger partial charge in [-0.25, -0.2) is 4.79 Å². The van der Waals surface area contributed by atoms with Gasteiger partial charge in [0.15, 0.2) is 0 Å². The van der Waals surface area contributed by atoms with Gasteiger partial charge in [-0.05, 0) is 58.4 Å². The Kier molecular flexibility index (Phi) is 4.94. The minimum atomic E-state index is -1.01. The molecule has 1 aliphatic heterocycles. The highest BCUT2D eigenvalue weighted by molar-refractivity contribution is 6.56. The SMILES string of the molecule is CNCC(=Cc1ncccc1C(=O)O)B1OC(C)(C)C(C)(C)O1. The van der Waals surface area contributed by atoms with E-state index < -0.39 is 24.3 Å². The molecule has 0 amide bonds. The lowest BCUT2D eigenvalue weighted by molar-refractivity contribution is 0.00578. The highest BCUT2D eigenvalue weighted by atomic mass is 16.7. The number of pyridine rings is 1. The molecule has 7 heteroatoms. The molecule has 1 aliphatic rings. The Morgan fingerprint density at radius 3 is 2.48 bits per heavy atom. The van der Waals surface area contributed by atoms with Crippen LogP contribution in [0.1, 0.15) is 43.7 Å². The van der Waals surface area contributed by atoms with Crippen LogP contribution < -0.4 is 5.32 Å². The Morgan fingerprint density at radius 2 is 1.96 bits per heavy atom. The molecule has 2 heterocycles. The molecular weight excluding hydrogens is 295 g/mol. The lowest BCUT2D eigenvalue weighted by Gasteiger charge is -2.32. The summed E-state index contributed by atoms with van der Waals surface area (Å²) >= 11 is 0. The first-order chi connectivity index (χ1) is 10.7. The highest BCUT2D eigenvalue weighted by Gasteiger charge is 2.52. The second kappa shape index (κ2) is 6.43. The van der Waals surface area contributed by atoms with Gasteiger partial charge in [-0.15, -0.1) is 0 Å². The summed E-state index contributed by atoms with van der Waals surface area (Å²) in [6.45, 7) is 8.42. The number of hydrogen-bond donors (Lipinski definition) is 2. The number of aromatic carboxylic acids is 1. The smallest absolute Gasteiger partial charge is 0.478 e. The number of nitrogens with one attached hydrogen (secondary N) is 1. The molecule has 6 nitrogen and oxygen atoms in total. The minimum absolute atomic E-state index is 0.151. The number of nitrogens with zero attached hydrogens (tertiary/aromatic N) is 1. The molecule has 23 heavy (non-hydrogen) atoms. The monoisotopic (exact) mass is 318 g/mol. The molecule has 2 N–H and O–H groups in total. The van der Waals surface area contributed by atoms with Crippen LogP contribution in [-0.4, -0.2) is 48.0 Å². The van der Waals surface area contributed by atoms with Crippen LogP contribution in [-0.2, 0) is 9.31 Å². The van der Waals surface area contributed by atoms with Crippen LogP contribution in [0, 0.1) is 0 Å². The van der Waals surface area contributed by atoms with Crippen molar-refractivity contribution in [3.63, 3.8) is 0 Å². The van der Waals surface area contributed by atoms with Gasteiger partial charge in [0.2, 0.25) is 0 Å². The van der Waals surface area contributed by atoms with E-state index in [-0.39, 0.29) is 5.56 Å². The van der Waals surface area contributed by atoms with Crippen molar-refractivity contribution < 1.29 is 19.2 Å². The van der Waals surface area contributed by atoms with Gasteiger partial charge in [-0.3, -0.25) is 4.98 Å². The third kappa shape index (κ3) is 3.63. The maximum Gasteiger partial charge on any atom is 0.491 e. The minimum Gasteiger partial charge on any atom is -0.478 e. The molecule has 124 valence electrons. The van der Waals surface area contributed by atoms with Crippen LogP contribution in [0.3, 0.4) is 0 Å². The summed E-state index contributed by atoms with van der Waals surface area (Å²) in [6.07, 6.45) is 3.29. The van der Waals surface area contributed by atoms with Gasteiger partial charge in [0.1, 0.15) is 0 Å². The predicted octanol–water partition coefficient (Wildman–Crippen LogP) is 2.01. The van der Waals surface area contributed by atoms with Crippen LogP contribution >= 0.6 is 0 Å². The molecule has 0 spiro atoms. The Bertz CT molecular complexity index is 612. The second-order valence-electron chi connectivity index (χ2n) is 6.58. The first-order valence-electron chi connectivity index (χ1n) is 7.57. The number of carboxylic acids is 1. The quantitative estimate of drug-likeness (QED) is 0.809. The third-order valence-corrected chi connectivity index (χ3v) is 4.33. The Labute approximate surface area is 137 Å². The summed E-state index contributed by atoms with van der Waals surface area (Å²) in [5.74, 6) is -1.01. The molecule has 1 aromatic heterocycles. The molecule has 0 bridgehead atoms. The van der Waals surface area contributed by atoms with E-state index in [4.69, 9.17) is 9.31 Å². The van der Waals surface area contributed by atoms with E-state index in [1.54, 1.807) is 18.3 Å². The molecule has 2 rings (SSSR count). The molecule has 1 saturated heterocycles. The van der Waals surface area contributed by atoms with Gasteiger partial charge in [-0.1, -0.05) is 0 Å². The van der Waals surface area contributed by atoms with Crippen molar-refractivity contribution in [1.29, 1.82) is 0 Å². The fourth-order valence-corrected chi connectivity index (χ4v) is 2.29. The molecule has 0 unspecified atom stereocenters. The van der Waals surface area contributed by atoms with Gasteiger partial charge in [-0.2, -0.15) is 0 Å². The maximum atomic E-state index is 11.3. The van der Waals surface area contributed by atoms with E-state index in [2.05, 4.69) is 10.3 Å². The molecule has 1 aromatic rings. The Balaban J connectivity index is 2.39. The number of likely N-dealkylation sites (N-methyl/N-ethyl adjacent to an activating group) is 1. The largest absolute Gasteiger partial charge is 0.491 e. The standard InChI is InChI=1S/C16H23BN2O4/c1-15(2)16(3,4)23-17(22-15)11(10-18-5)9-13-12(14(20)21)7-6-8-19-13/h6-9,18H,10H2,1-5H3,(H,20,21). The van der Waals surface area contributed by atoms with Crippen molar-refractivity contribution in [2.45, 2.75) is 38.9 Å². The van der Waals surface area contributed by atoms with Crippen LogP contribution in [0.25, 0.3) is 6.08 Å². The van der Waals surface area contributed by atoms with Crippen molar-refractivity contribution in [3.8, 4) is 0 Å². The van der Waals surface area contributed by atoms with Crippen LogP contribution in [0.5, 0.6) is 0 Å². The molecule has 0 saturated carbocycles. The number of carboxylic acid groups (broad SMARTS) is 1. The first-order valence-corrected chi connectivity index (χ1v) is 7.57. The summed E-state index contributed by atoms with van der Waals surface area (Å²) < 4.78 is 12.1. The summed E-state index contributed by atoms with van der Waals surface area (Å²) in [4.78, 5) is 15.5. The molecule has 0 atom stereocenters. The van der Waals surface area contributed by atoms with E-state index >= 15 is 0 Å². The second-order valence-corrected chi connectivity index (χ2v) is 6.58.